The van der Waals surface area contributed by atoms with Gasteiger partial charge in [-0.3, -0.25) is 14.9 Å². The standard InChI is InChI=1S/C19H18FN3O4.2C2H6/c1-13(12-27-14(2)24)4-3-11-21-19-18(23(25)26)10-9-17(22-19)15-5-7-16(20)8-6-15;2*1-2/h3-11H,12H2,1-2H3,(H,21,22);2*1-2H3/b11-3+,13-4+;;. The van der Waals surface area contributed by atoms with Crippen molar-refractivity contribution in [2.24, 2.45) is 0 Å². The number of esters is 1. The largest absolute Gasteiger partial charge is 0.461 e. The first-order chi connectivity index (χ1) is 14.9. The zero-order valence-corrected chi connectivity index (χ0v) is 18.8. The second kappa shape index (κ2) is 15.3. The molecule has 0 aliphatic rings. The second-order valence-corrected chi connectivity index (χ2v) is 5.62. The number of aromatic nitrogens is 1. The van der Waals surface area contributed by atoms with E-state index in [1.165, 1.54) is 37.4 Å². The third kappa shape index (κ3) is 10.2. The van der Waals surface area contributed by atoms with Gasteiger partial charge in [0.2, 0.25) is 5.82 Å². The van der Waals surface area contributed by atoms with Crippen molar-refractivity contribution in [2.45, 2.75) is 41.5 Å². The number of allylic oxidation sites excluding steroid dienone is 2. The van der Waals surface area contributed by atoms with Gasteiger partial charge in [-0.2, -0.15) is 0 Å². The fourth-order valence-electron chi connectivity index (χ4n) is 2.09. The molecule has 1 heterocycles. The van der Waals surface area contributed by atoms with Gasteiger partial charge in [0.05, 0.1) is 10.6 Å². The van der Waals surface area contributed by atoms with Gasteiger partial charge in [-0.1, -0.05) is 33.8 Å². The smallest absolute Gasteiger partial charge is 0.311 e. The molecule has 0 saturated heterocycles. The molecule has 7 nitrogen and oxygen atoms in total. The number of carbonyl (C=O) groups is 1. The lowest BCUT2D eigenvalue weighted by Crippen LogP contribution is -2.01. The Bertz CT molecular complexity index is 894. The quantitative estimate of drug-likeness (QED) is 0.240. The highest BCUT2D eigenvalue weighted by atomic mass is 19.1. The maximum atomic E-state index is 13.1. The minimum Gasteiger partial charge on any atom is -0.461 e. The Balaban J connectivity index is 0.00000212. The molecule has 0 saturated carbocycles. The first-order valence-corrected chi connectivity index (χ1v) is 10.0. The Morgan fingerprint density at radius 1 is 1.13 bits per heavy atom. The number of anilines is 1. The van der Waals surface area contributed by atoms with Crippen LogP contribution < -0.4 is 5.32 Å². The number of nitrogens with one attached hydrogen (secondary N) is 1. The van der Waals surface area contributed by atoms with Crippen molar-refractivity contribution in [2.75, 3.05) is 11.9 Å². The molecule has 0 spiro atoms. The summed E-state index contributed by atoms with van der Waals surface area (Å²) in [6.45, 7) is 11.3. The highest BCUT2D eigenvalue weighted by Crippen LogP contribution is 2.27. The first-order valence-electron chi connectivity index (χ1n) is 10.0. The average Bonchev–Trinajstić information content (AvgIpc) is 2.78. The van der Waals surface area contributed by atoms with E-state index < -0.39 is 4.92 Å². The number of nitro groups is 1. The molecule has 0 fully saturated rings. The topological polar surface area (TPSA) is 94.4 Å². The lowest BCUT2D eigenvalue weighted by molar-refractivity contribution is -0.384. The van der Waals surface area contributed by atoms with Crippen LogP contribution in [0, 0.1) is 15.9 Å². The number of nitrogens with zero attached hydrogens (tertiary/aromatic N) is 2. The van der Waals surface area contributed by atoms with Gasteiger partial charge in [0, 0.05) is 24.8 Å². The van der Waals surface area contributed by atoms with E-state index in [-0.39, 0.29) is 29.9 Å². The Morgan fingerprint density at radius 2 is 1.74 bits per heavy atom. The molecule has 0 atom stereocenters. The van der Waals surface area contributed by atoms with Gasteiger partial charge in [-0.15, -0.1) is 0 Å². The number of hydrogen-bond acceptors (Lipinski definition) is 6. The Labute approximate surface area is 182 Å². The summed E-state index contributed by atoms with van der Waals surface area (Å²) >= 11 is 0. The molecular weight excluding hydrogens is 401 g/mol. The molecular formula is C23H30FN3O4. The number of rotatable bonds is 7. The number of benzene rings is 1. The number of pyridine rings is 1. The van der Waals surface area contributed by atoms with Gasteiger partial charge < -0.3 is 10.1 Å². The second-order valence-electron chi connectivity index (χ2n) is 5.62. The summed E-state index contributed by atoms with van der Waals surface area (Å²) in [4.78, 5) is 25.7. The van der Waals surface area contributed by atoms with E-state index in [1.807, 2.05) is 27.7 Å². The molecule has 0 amide bonds. The number of carbonyl (C=O) groups excluding carboxylic acids is 1. The monoisotopic (exact) mass is 431 g/mol. The minimum absolute atomic E-state index is 0.0594. The lowest BCUT2D eigenvalue weighted by Gasteiger charge is -2.06. The summed E-state index contributed by atoms with van der Waals surface area (Å²) < 4.78 is 17.9. The zero-order valence-electron chi connectivity index (χ0n) is 18.8. The van der Waals surface area contributed by atoms with Crippen LogP contribution in [0.15, 0.2) is 60.3 Å². The van der Waals surface area contributed by atoms with Crippen LogP contribution in [-0.2, 0) is 9.53 Å². The molecule has 0 radical (unpaired) electrons. The van der Waals surface area contributed by atoms with Crippen LogP contribution in [0.25, 0.3) is 11.3 Å². The van der Waals surface area contributed by atoms with E-state index in [0.29, 0.717) is 11.3 Å². The van der Waals surface area contributed by atoms with Crippen molar-refractivity contribution in [1.29, 1.82) is 0 Å². The van der Waals surface area contributed by atoms with Crippen molar-refractivity contribution < 1.29 is 18.8 Å². The van der Waals surface area contributed by atoms with Crippen LogP contribution in [0.1, 0.15) is 41.5 Å². The molecule has 0 unspecified atom stereocenters. The van der Waals surface area contributed by atoms with Crippen molar-refractivity contribution in [3.8, 4) is 11.3 Å². The van der Waals surface area contributed by atoms with E-state index >= 15 is 0 Å². The van der Waals surface area contributed by atoms with Gasteiger partial charge in [-0.05, 0) is 48.9 Å². The Kier molecular flexibility index (Phi) is 13.6. The molecule has 2 rings (SSSR count). The third-order valence-corrected chi connectivity index (χ3v) is 3.41. The fourth-order valence-corrected chi connectivity index (χ4v) is 2.09. The van der Waals surface area contributed by atoms with Crippen molar-refractivity contribution in [3.05, 3.63) is 76.3 Å². The van der Waals surface area contributed by atoms with Crippen molar-refractivity contribution in [1.82, 2.24) is 4.98 Å². The number of hydrogen-bond donors (Lipinski definition) is 1. The van der Waals surface area contributed by atoms with E-state index in [0.717, 1.165) is 5.57 Å². The van der Waals surface area contributed by atoms with E-state index in [2.05, 4.69) is 10.3 Å². The van der Waals surface area contributed by atoms with Crippen LogP contribution in [0.4, 0.5) is 15.9 Å². The summed E-state index contributed by atoms with van der Waals surface area (Å²) in [6.07, 6.45) is 4.81. The van der Waals surface area contributed by atoms with Gasteiger partial charge >= 0.3 is 11.7 Å². The SMILES string of the molecule is CC.CC.CC(=O)OC/C(C)=C/C=C/Nc1nc(-c2ccc(F)cc2)ccc1[N+](=O)[O-]. The van der Waals surface area contributed by atoms with Crippen molar-refractivity contribution in [3.63, 3.8) is 0 Å². The van der Waals surface area contributed by atoms with Crippen LogP contribution in [0.2, 0.25) is 0 Å². The summed E-state index contributed by atoms with van der Waals surface area (Å²) in [6, 6.07) is 8.52. The molecule has 1 N–H and O–H groups in total. The highest BCUT2D eigenvalue weighted by molar-refractivity contribution is 5.67. The molecule has 0 aliphatic carbocycles. The third-order valence-electron chi connectivity index (χ3n) is 3.41. The zero-order chi connectivity index (χ0) is 23.8. The predicted octanol–water partition coefficient (Wildman–Crippen LogP) is 6.28. The Morgan fingerprint density at radius 3 is 2.29 bits per heavy atom. The molecule has 1 aromatic carbocycles. The normalized spacial score (nSPS) is 10.4. The lowest BCUT2D eigenvalue weighted by atomic mass is 10.1. The molecule has 31 heavy (non-hydrogen) atoms. The first kappa shape index (κ1) is 27.5. The van der Waals surface area contributed by atoms with Gasteiger partial charge in [0.25, 0.3) is 0 Å². The molecule has 1 aromatic heterocycles. The molecule has 0 aliphatic heterocycles. The van der Waals surface area contributed by atoms with Crippen LogP contribution in [0.5, 0.6) is 0 Å². The molecule has 2 aromatic rings. The fraction of sp³-hybridized carbons (Fsp3) is 0.304. The molecule has 168 valence electrons. The maximum Gasteiger partial charge on any atom is 0.311 e. The minimum atomic E-state index is -0.542. The van der Waals surface area contributed by atoms with Crippen molar-refractivity contribution >= 4 is 17.5 Å². The summed E-state index contributed by atoms with van der Waals surface area (Å²) in [5.41, 5.74) is 1.71. The molecule has 8 heteroatoms. The van der Waals surface area contributed by atoms with Crippen LogP contribution >= 0.6 is 0 Å². The maximum absolute atomic E-state index is 13.1. The highest BCUT2D eigenvalue weighted by Gasteiger charge is 2.15. The van der Waals surface area contributed by atoms with Crippen LogP contribution in [0.3, 0.4) is 0 Å². The number of ether oxygens (including phenoxy) is 1. The molecule has 0 bridgehead atoms. The van der Waals surface area contributed by atoms with Gasteiger partial charge in [-0.25, -0.2) is 9.37 Å². The van der Waals surface area contributed by atoms with E-state index in [9.17, 15) is 19.3 Å². The van der Waals surface area contributed by atoms with E-state index in [4.69, 9.17) is 4.74 Å². The van der Waals surface area contributed by atoms with Crippen LogP contribution in [-0.4, -0.2) is 22.5 Å². The summed E-state index contributed by atoms with van der Waals surface area (Å²) in [5, 5.41) is 14.0. The summed E-state index contributed by atoms with van der Waals surface area (Å²) in [5.74, 6) is -0.691. The number of halogens is 1. The summed E-state index contributed by atoms with van der Waals surface area (Å²) in [7, 11) is 0. The van der Waals surface area contributed by atoms with Gasteiger partial charge in [0.1, 0.15) is 12.4 Å². The predicted molar refractivity (Wildman–Crippen MR) is 122 cm³/mol. The van der Waals surface area contributed by atoms with Gasteiger partial charge in [0.15, 0.2) is 0 Å². The Hall–Kier alpha value is -3.55. The van der Waals surface area contributed by atoms with E-state index in [1.54, 1.807) is 31.2 Å². The average molecular weight is 432 g/mol.